The Morgan fingerprint density at radius 3 is 2.60 bits per heavy atom. The van der Waals surface area contributed by atoms with Gasteiger partial charge in [-0.2, -0.15) is 10.1 Å². The first-order valence-corrected chi connectivity index (χ1v) is 11.8. The van der Waals surface area contributed by atoms with Gasteiger partial charge in [-0.05, 0) is 53.0 Å². The third kappa shape index (κ3) is 5.17. The van der Waals surface area contributed by atoms with Crippen LogP contribution >= 0.6 is 11.6 Å². The van der Waals surface area contributed by atoms with Gasteiger partial charge < -0.3 is 19.1 Å². The summed E-state index contributed by atoms with van der Waals surface area (Å²) in [4.78, 5) is 33.9. The quantitative estimate of drug-likeness (QED) is 0.514. The molecule has 11 heteroatoms. The van der Waals surface area contributed by atoms with Crippen molar-refractivity contribution >= 4 is 28.9 Å². The van der Waals surface area contributed by atoms with Crippen molar-refractivity contribution in [2.24, 2.45) is 0 Å². The molecule has 35 heavy (non-hydrogen) atoms. The maximum Gasteiger partial charge on any atom is 0.410 e. The number of carbonyl (C=O) groups is 1. The number of hydrogen-bond acceptors (Lipinski definition) is 7. The molecule has 1 N–H and O–H groups in total. The number of ether oxygens (including phenoxy) is 1. The van der Waals surface area contributed by atoms with Gasteiger partial charge in [0.25, 0.3) is 11.4 Å². The average Bonchev–Trinajstić information content (AvgIpc) is 3.43. The maximum atomic E-state index is 12.6. The Morgan fingerprint density at radius 2 is 1.97 bits per heavy atom. The number of carbonyl (C=O) groups excluding carboxylic acids is 1. The maximum absolute atomic E-state index is 12.6. The lowest BCUT2D eigenvalue weighted by Crippen LogP contribution is -2.41. The van der Waals surface area contributed by atoms with Gasteiger partial charge in [0.1, 0.15) is 11.2 Å². The fourth-order valence-electron chi connectivity index (χ4n) is 3.98. The third-order valence-corrected chi connectivity index (χ3v) is 6.28. The van der Waals surface area contributed by atoms with E-state index in [1.165, 1.54) is 0 Å². The number of nitrogens with one attached hydrogen (secondary N) is 1. The lowest BCUT2D eigenvalue weighted by Gasteiger charge is -2.33. The second kappa shape index (κ2) is 9.33. The van der Waals surface area contributed by atoms with Crippen molar-refractivity contribution in [1.82, 2.24) is 29.6 Å². The first-order valence-electron chi connectivity index (χ1n) is 11.4. The van der Waals surface area contributed by atoms with Gasteiger partial charge in [-0.1, -0.05) is 23.3 Å². The van der Waals surface area contributed by atoms with E-state index in [1.807, 2.05) is 27.7 Å². The van der Waals surface area contributed by atoms with Gasteiger partial charge in [0.15, 0.2) is 0 Å². The highest BCUT2D eigenvalue weighted by atomic mass is 35.5. The van der Waals surface area contributed by atoms with Crippen LogP contribution in [0.5, 0.6) is 0 Å². The largest absolute Gasteiger partial charge is 0.444 e. The first kappa shape index (κ1) is 24.7. The summed E-state index contributed by atoms with van der Waals surface area (Å²) in [5, 5.41) is 9.13. The van der Waals surface area contributed by atoms with Crippen LogP contribution in [-0.4, -0.2) is 54.4 Å². The van der Waals surface area contributed by atoms with Gasteiger partial charge >= 0.3 is 6.09 Å². The molecule has 3 aromatic rings. The molecule has 0 radical (unpaired) electrons. The second-order valence-electron chi connectivity index (χ2n) is 9.68. The second-order valence-corrected chi connectivity index (χ2v) is 10.2. The Balaban J connectivity index is 1.59. The van der Waals surface area contributed by atoms with Crippen molar-refractivity contribution in [3.05, 3.63) is 51.4 Å². The summed E-state index contributed by atoms with van der Waals surface area (Å²) in [7, 11) is 0. The van der Waals surface area contributed by atoms with Crippen molar-refractivity contribution in [3.8, 4) is 11.4 Å². The number of piperidine rings is 1. The molecule has 0 bridgehead atoms. The minimum Gasteiger partial charge on any atom is -0.444 e. The van der Waals surface area contributed by atoms with Gasteiger partial charge in [0, 0.05) is 35.7 Å². The van der Waals surface area contributed by atoms with Crippen LogP contribution in [-0.2, 0) is 4.74 Å². The molecule has 4 rings (SSSR count). The summed E-state index contributed by atoms with van der Waals surface area (Å²) in [6.07, 6.45) is 2.64. The number of aromatic amines is 1. The molecule has 1 amide bonds. The van der Waals surface area contributed by atoms with Crippen LogP contribution in [0.3, 0.4) is 0 Å². The minimum atomic E-state index is -0.544. The van der Waals surface area contributed by atoms with Crippen LogP contribution in [0.4, 0.5) is 4.79 Å². The summed E-state index contributed by atoms with van der Waals surface area (Å²) in [6.45, 7) is 14.2. The van der Waals surface area contributed by atoms with E-state index in [9.17, 15) is 9.59 Å². The molecule has 0 aliphatic carbocycles. The van der Waals surface area contributed by atoms with E-state index in [2.05, 4.69) is 26.8 Å². The highest BCUT2D eigenvalue weighted by Gasteiger charge is 2.29. The monoisotopic (exact) mass is 500 g/mol. The number of H-pyrrole nitrogens is 1. The molecule has 1 aliphatic rings. The number of amides is 1. The first-order chi connectivity index (χ1) is 16.4. The molecule has 10 nitrogen and oxygen atoms in total. The predicted octanol–water partition coefficient (Wildman–Crippen LogP) is 4.73. The van der Waals surface area contributed by atoms with Crippen molar-refractivity contribution in [1.29, 1.82) is 0 Å². The fraction of sp³-hybridized carbons (Fsp3) is 0.458. The van der Waals surface area contributed by atoms with Gasteiger partial charge in [0.05, 0.1) is 17.5 Å². The number of nitrogens with zero attached hydrogens (tertiary/aromatic N) is 5. The molecular weight excluding hydrogens is 472 g/mol. The van der Waals surface area contributed by atoms with Gasteiger partial charge in [0.2, 0.25) is 5.82 Å². The zero-order chi connectivity index (χ0) is 25.5. The smallest absolute Gasteiger partial charge is 0.410 e. The molecule has 0 unspecified atom stereocenters. The van der Waals surface area contributed by atoms with Crippen LogP contribution in [0.15, 0.2) is 38.8 Å². The lowest BCUT2D eigenvalue weighted by molar-refractivity contribution is 0.0203. The van der Waals surface area contributed by atoms with Crippen molar-refractivity contribution in [2.75, 3.05) is 13.1 Å². The van der Waals surface area contributed by atoms with E-state index in [-0.39, 0.29) is 29.3 Å². The minimum absolute atomic E-state index is 0.0475. The van der Waals surface area contributed by atoms with E-state index in [0.717, 1.165) is 11.3 Å². The zero-order valence-electron chi connectivity index (χ0n) is 20.5. The molecule has 1 aliphatic heterocycles. The van der Waals surface area contributed by atoms with Gasteiger partial charge in [-0.3, -0.25) is 4.79 Å². The molecule has 0 saturated carbocycles. The SMILES string of the molecule is C=C(/C(C)=C(\C)Cl)c1nc(-c2cnn3c(C4CCN(C(=O)OC(C)(C)C)CC4)cc(=O)[nH]c23)no1. The van der Waals surface area contributed by atoms with Gasteiger partial charge in [-0.25, -0.2) is 9.31 Å². The highest BCUT2D eigenvalue weighted by molar-refractivity contribution is 6.30. The molecule has 186 valence electrons. The Morgan fingerprint density at radius 1 is 1.29 bits per heavy atom. The molecule has 3 aromatic heterocycles. The van der Waals surface area contributed by atoms with E-state index < -0.39 is 5.60 Å². The fourth-order valence-corrected chi connectivity index (χ4v) is 4.09. The van der Waals surface area contributed by atoms with Crippen molar-refractivity contribution in [3.63, 3.8) is 0 Å². The van der Waals surface area contributed by atoms with Crippen LogP contribution in [0.1, 0.15) is 65.0 Å². The molecular formula is C24H29ClN6O4. The van der Waals surface area contributed by atoms with E-state index in [0.29, 0.717) is 47.7 Å². The molecule has 0 atom stereocenters. The number of rotatable bonds is 4. The van der Waals surface area contributed by atoms with E-state index in [1.54, 1.807) is 28.6 Å². The van der Waals surface area contributed by atoms with E-state index in [4.69, 9.17) is 20.9 Å². The summed E-state index contributed by atoms with van der Waals surface area (Å²) in [5.41, 5.74) is 2.24. The standard InChI is InChI=1S/C24H29ClN6O4/c1-13(15(3)25)14(2)22-28-20(29-35-22)17-12-26-31-18(11-19(32)27-21(17)31)16-7-9-30(10-8-16)23(33)34-24(4,5)6/h11-12,16H,2,7-10H2,1,3-6H3,(H,27,32)/b15-13+. The molecule has 0 spiro atoms. The lowest BCUT2D eigenvalue weighted by atomic mass is 9.93. The van der Waals surface area contributed by atoms with Crippen LogP contribution in [0.25, 0.3) is 22.6 Å². The Kier molecular flexibility index (Phi) is 6.59. The Hall–Kier alpha value is -3.40. The Bertz CT molecular complexity index is 1360. The summed E-state index contributed by atoms with van der Waals surface area (Å²) < 4.78 is 12.6. The van der Waals surface area contributed by atoms with Crippen LogP contribution < -0.4 is 5.56 Å². The molecule has 4 heterocycles. The number of hydrogen-bond donors (Lipinski definition) is 1. The molecule has 0 aromatic carbocycles. The van der Waals surface area contributed by atoms with E-state index >= 15 is 0 Å². The topological polar surface area (TPSA) is 119 Å². The Labute approximate surface area is 207 Å². The third-order valence-electron chi connectivity index (χ3n) is 5.99. The summed E-state index contributed by atoms with van der Waals surface area (Å²) >= 11 is 6.07. The molecule has 1 saturated heterocycles. The summed E-state index contributed by atoms with van der Waals surface area (Å²) in [5.74, 6) is 0.569. The predicted molar refractivity (Wildman–Crippen MR) is 132 cm³/mol. The number of fused-ring (bicyclic) bond motifs is 1. The van der Waals surface area contributed by atoms with Crippen LogP contribution in [0.2, 0.25) is 0 Å². The zero-order valence-corrected chi connectivity index (χ0v) is 21.3. The normalized spacial score (nSPS) is 15.9. The van der Waals surface area contributed by atoms with Crippen LogP contribution in [0, 0.1) is 0 Å². The number of halogens is 1. The van der Waals surface area contributed by atoms with Crippen molar-refractivity contribution < 1.29 is 14.1 Å². The number of likely N-dealkylation sites (tertiary alicyclic amines) is 1. The summed E-state index contributed by atoms with van der Waals surface area (Å²) in [6, 6.07) is 1.55. The number of allylic oxidation sites excluding steroid dienone is 3. The van der Waals surface area contributed by atoms with Gasteiger partial charge in [-0.15, -0.1) is 0 Å². The number of aromatic nitrogens is 5. The average molecular weight is 501 g/mol. The van der Waals surface area contributed by atoms with Crippen molar-refractivity contribution in [2.45, 2.75) is 59.0 Å². The molecule has 1 fully saturated rings. The highest BCUT2D eigenvalue weighted by Crippen LogP contribution is 2.31.